The molecule has 1 aliphatic rings. The van der Waals surface area contributed by atoms with E-state index in [1.165, 1.54) is 10.6 Å². The zero-order chi connectivity index (χ0) is 18.8. The molecule has 1 saturated heterocycles. The molecule has 2 N–H and O–H groups in total. The van der Waals surface area contributed by atoms with E-state index in [0.717, 1.165) is 12.6 Å². The van der Waals surface area contributed by atoms with Gasteiger partial charge in [-0.25, -0.2) is 18.3 Å². The summed E-state index contributed by atoms with van der Waals surface area (Å²) >= 11 is 0. The molecule has 0 bridgehead atoms. The maximum absolute atomic E-state index is 13.6. The third kappa shape index (κ3) is 4.26. The fraction of sp³-hybridized carbons (Fsp3) is 0.333. The Bertz CT molecular complexity index is 949. The largest absolute Gasteiger partial charge is 0.351 e. The van der Waals surface area contributed by atoms with Crippen LogP contribution in [0.5, 0.6) is 0 Å². The molecule has 28 heavy (non-hydrogen) atoms. The summed E-state index contributed by atoms with van der Waals surface area (Å²) in [6, 6.07) is 5.40. The number of halogens is 3. The number of piperidine rings is 1. The lowest BCUT2D eigenvalue weighted by Gasteiger charge is -2.33. The molecule has 0 spiro atoms. The van der Waals surface area contributed by atoms with Crippen molar-refractivity contribution in [1.82, 2.24) is 30.2 Å². The Hall–Kier alpha value is -2.65. The molecule has 1 amide bonds. The molecule has 2 atom stereocenters. The highest BCUT2D eigenvalue weighted by Gasteiger charge is 2.28. The summed E-state index contributed by atoms with van der Waals surface area (Å²) < 4.78 is 28.3. The van der Waals surface area contributed by atoms with E-state index >= 15 is 0 Å². The molecule has 2 unspecified atom stereocenters. The highest BCUT2D eigenvalue weighted by Crippen LogP contribution is 2.27. The quantitative estimate of drug-likeness (QED) is 0.685. The van der Waals surface area contributed by atoms with Gasteiger partial charge in [-0.05, 0) is 36.7 Å². The van der Waals surface area contributed by atoms with Crippen LogP contribution in [0.3, 0.4) is 0 Å². The van der Waals surface area contributed by atoms with Crippen molar-refractivity contribution in [2.45, 2.75) is 24.8 Å². The van der Waals surface area contributed by atoms with Crippen LogP contribution in [0.15, 0.2) is 36.7 Å². The maximum atomic E-state index is 13.6. The van der Waals surface area contributed by atoms with Crippen molar-refractivity contribution in [1.29, 1.82) is 0 Å². The SMILES string of the molecule is Cl.O=C(Cc1nc2ncccn2n1)NC1CNCCC1c1ccc(F)c(F)c1. The second kappa shape index (κ2) is 8.57. The standard InChI is InChI=1S/C18H18F2N6O.ClH/c19-13-3-2-11(8-14(13)20)12-4-6-21-10-15(12)23-17(27)9-16-24-18-22-5-1-7-26(18)25-16;/h1-3,5,7-8,12,15,21H,4,6,9-10H2,(H,23,27);1H. The topological polar surface area (TPSA) is 84.2 Å². The number of aromatic nitrogens is 4. The molecule has 1 aromatic carbocycles. The highest BCUT2D eigenvalue weighted by atomic mass is 35.5. The van der Waals surface area contributed by atoms with Crippen LogP contribution < -0.4 is 10.6 Å². The Balaban J connectivity index is 0.00000225. The van der Waals surface area contributed by atoms with Crippen molar-refractivity contribution in [2.24, 2.45) is 0 Å². The van der Waals surface area contributed by atoms with Crippen molar-refractivity contribution in [3.8, 4) is 0 Å². The van der Waals surface area contributed by atoms with Crippen LogP contribution in [0, 0.1) is 11.6 Å². The second-order valence-corrected chi connectivity index (χ2v) is 6.52. The molecular formula is C18H19ClF2N6O. The summed E-state index contributed by atoms with van der Waals surface area (Å²) in [6.45, 7) is 1.30. The Kier molecular flexibility index (Phi) is 6.15. The highest BCUT2D eigenvalue weighted by molar-refractivity contribution is 5.85. The van der Waals surface area contributed by atoms with Crippen LogP contribution in [0.2, 0.25) is 0 Å². The summed E-state index contributed by atoms with van der Waals surface area (Å²) in [5, 5.41) is 10.4. The van der Waals surface area contributed by atoms with Crippen molar-refractivity contribution < 1.29 is 13.6 Å². The van der Waals surface area contributed by atoms with Crippen LogP contribution in [0.25, 0.3) is 5.78 Å². The second-order valence-electron chi connectivity index (χ2n) is 6.52. The number of hydrogen-bond donors (Lipinski definition) is 2. The van der Waals surface area contributed by atoms with Gasteiger partial charge < -0.3 is 10.6 Å². The van der Waals surface area contributed by atoms with Gasteiger partial charge in [0.05, 0.1) is 6.42 Å². The van der Waals surface area contributed by atoms with Crippen LogP contribution in [0.1, 0.15) is 23.7 Å². The van der Waals surface area contributed by atoms with Crippen LogP contribution in [0.4, 0.5) is 8.78 Å². The van der Waals surface area contributed by atoms with Crippen LogP contribution >= 0.6 is 12.4 Å². The number of nitrogens with zero attached hydrogens (tertiary/aromatic N) is 4. The lowest BCUT2D eigenvalue weighted by Crippen LogP contribution is -2.50. The van der Waals surface area contributed by atoms with E-state index in [1.807, 2.05) is 0 Å². The lowest BCUT2D eigenvalue weighted by molar-refractivity contribution is -0.121. The average Bonchev–Trinajstić information content (AvgIpc) is 3.06. The monoisotopic (exact) mass is 408 g/mol. The van der Waals surface area contributed by atoms with Gasteiger partial charge in [-0.3, -0.25) is 4.79 Å². The molecule has 3 heterocycles. The normalized spacial score (nSPS) is 19.2. The van der Waals surface area contributed by atoms with E-state index in [9.17, 15) is 13.6 Å². The van der Waals surface area contributed by atoms with Crippen LogP contribution in [-0.2, 0) is 11.2 Å². The van der Waals surface area contributed by atoms with E-state index in [4.69, 9.17) is 0 Å². The number of carbonyl (C=O) groups is 1. The molecule has 7 nitrogen and oxygen atoms in total. The van der Waals surface area contributed by atoms with Gasteiger partial charge in [0, 0.05) is 30.9 Å². The first-order valence-electron chi connectivity index (χ1n) is 8.71. The Morgan fingerprint density at radius 2 is 2.18 bits per heavy atom. The van der Waals surface area contributed by atoms with Crippen molar-refractivity contribution in [3.63, 3.8) is 0 Å². The number of fused-ring (bicyclic) bond motifs is 1. The molecule has 148 valence electrons. The number of nitrogens with one attached hydrogen (secondary N) is 2. The smallest absolute Gasteiger partial charge is 0.252 e. The Morgan fingerprint density at radius 1 is 1.32 bits per heavy atom. The van der Waals surface area contributed by atoms with Gasteiger partial charge in [0.25, 0.3) is 5.78 Å². The molecule has 0 radical (unpaired) electrons. The molecule has 0 saturated carbocycles. The molecule has 1 aliphatic heterocycles. The molecule has 2 aromatic heterocycles. The number of hydrogen-bond acceptors (Lipinski definition) is 5. The van der Waals surface area contributed by atoms with Gasteiger partial charge in [-0.2, -0.15) is 4.98 Å². The van der Waals surface area contributed by atoms with Gasteiger partial charge in [-0.15, -0.1) is 17.5 Å². The summed E-state index contributed by atoms with van der Waals surface area (Å²) in [7, 11) is 0. The minimum Gasteiger partial charge on any atom is -0.351 e. The summed E-state index contributed by atoms with van der Waals surface area (Å²) in [4.78, 5) is 20.8. The fourth-order valence-corrected chi connectivity index (χ4v) is 3.40. The average molecular weight is 409 g/mol. The van der Waals surface area contributed by atoms with Gasteiger partial charge in [0.15, 0.2) is 17.5 Å². The minimum absolute atomic E-state index is 0. The molecular weight excluding hydrogens is 390 g/mol. The maximum Gasteiger partial charge on any atom is 0.252 e. The molecule has 10 heteroatoms. The molecule has 0 aliphatic carbocycles. The first-order valence-corrected chi connectivity index (χ1v) is 8.71. The predicted molar refractivity (Wildman–Crippen MR) is 100 cm³/mol. The fourth-order valence-electron chi connectivity index (χ4n) is 3.40. The van der Waals surface area contributed by atoms with Crippen LogP contribution in [-0.4, -0.2) is 44.6 Å². The lowest BCUT2D eigenvalue weighted by atomic mass is 9.86. The van der Waals surface area contributed by atoms with E-state index in [1.54, 1.807) is 24.5 Å². The Labute approximate surface area is 166 Å². The zero-order valence-electron chi connectivity index (χ0n) is 14.8. The molecule has 4 rings (SSSR count). The summed E-state index contributed by atoms with van der Waals surface area (Å²) in [6.07, 6.45) is 4.05. The molecule has 3 aromatic rings. The van der Waals surface area contributed by atoms with Gasteiger partial charge in [0.1, 0.15) is 0 Å². The Morgan fingerprint density at radius 3 is 2.96 bits per heavy atom. The van der Waals surface area contributed by atoms with E-state index in [2.05, 4.69) is 25.7 Å². The number of rotatable bonds is 4. The van der Waals surface area contributed by atoms with Crippen molar-refractivity contribution in [3.05, 3.63) is 59.7 Å². The summed E-state index contributed by atoms with van der Waals surface area (Å²) in [5.41, 5.74) is 0.677. The van der Waals surface area contributed by atoms with Gasteiger partial charge >= 0.3 is 0 Å². The van der Waals surface area contributed by atoms with E-state index < -0.39 is 11.6 Å². The number of amides is 1. The van der Waals surface area contributed by atoms with E-state index in [-0.39, 0.29) is 36.7 Å². The predicted octanol–water partition coefficient (Wildman–Crippen LogP) is 1.63. The first-order chi connectivity index (χ1) is 13.1. The van der Waals surface area contributed by atoms with Gasteiger partial charge in [-0.1, -0.05) is 6.07 Å². The number of benzene rings is 1. The summed E-state index contributed by atoms with van der Waals surface area (Å²) in [5.74, 6) is -1.27. The third-order valence-electron chi connectivity index (χ3n) is 4.68. The van der Waals surface area contributed by atoms with Crippen molar-refractivity contribution in [2.75, 3.05) is 13.1 Å². The minimum atomic E-state index is -0.877. The third-order valence-corrected chi connectivity index (χ3v) is 4.68. The van der Waals surface area contributed by atoms with Gasteiger partial charge in [0.2, 0.25) is 5.91 Å². The first kappa shape index (κ1) is 20.1. The zero-order valence-corrected chi connectivity index (χ0v) is 15.6. The number of carbonyl (C=O) groups excluding carboxylic acids is 1. The molecule has 1 fully saturated rings. The van der Waals surface area contributed by atoms with Crippen molar-refractivity contribution >= 4 is 24.1 Å². The van der Waals surface area contributed by atoms with E-state index in [0.29, 0.717) is 30.1 Å².